The normalized spacial score (nSPS) is 19.4. The third-order valence-corrected chi connectivity index (χ3v) is 4.02. The number of carboxylic acid groups (broad SMARTS) is 1. The van der Waals surface area contributed by atoms with Gasteiger partial charge < -0.3 is 25.1 Å². The zero-order valence-corrected chi connectivity index (χ0v) is 18.9. The van der Waals surface area contributed by atoms with Crippen LogP contribution in [0.5, 0.6) is 11.5 Å². The maximum absolute atomic E-state index is 11.9. The van der Waals surface area contributed by atoms with Crippen molar-refractivity contribution in [1.29, 1.82) is 0 Å². The topological polar surface area (TPSA) is 102 Å². The van der Waals surface area contributed by atoms with Gasteiger partial charge >= 0.3 is 59.1 Å². The Morgan fingerprint density at radius 3 is 2.40 bits per heavy atom. The molecule has 1 fully saturated rings. The van der Waals surface area contributed by atoms with Crippen LogP contribution in [0.15, 0.2) is 24.3 Å². The number of rotatable bonds is 5. The van der Waals surface area contributed by atoms with Crippen molar-refractivity contribution in [3.63, 3.8) is 0 Å². The molecule has 0 aromatic heterocycles. The summed E-state index contributed by atoms with van der Waals surface area (Å²) in [6.45, 7) is 0. The average Bonchev–Trinajstić information content (AvgIpc) is 2.54. The monoisotopic (exact) mass is 363 g/mol. The summed E-state index contributed by atoms with van der Waals surface area (Å²) in [5.74, 6) is -1.64. The fourth-order valence-electron chi connectivity index (χ4n) is 2.68. The Hall–Kier alpha value is -0.500. The molecular weight excluding hydrogens is 344 g/mol. The van der Waals surface area contributed by atoms with Crippen molar-refractivity contribution in [2.24, 2.45) is 5.92 Å². The summed E-state index contributed by atoms with van der Waals surface area (Å²) < 4.78 is 4.94. The minimum absolute atomic E-state index is 0. The first-order valence-corrected chi connectivity index (χ1v) is 7.54. The van der Waals surface area contributed by atoms with Gasteiger partial charge in [-0.3, -0.25) is 4.79 Å². The number of carbonyl (C=O) groups excluding carboxylic acids is 2. The maximum atomic E-state index is 11.9. The van der Waals surface area contributed by atoms with Crippen LogP contribution >= 0.6 is 0 Å². The van der Waals surface area contributed by atoms with Gasteiger partial charge in [0.15, 0.2) is 0 Å². The van der Waals surface area contributed by atoms with Gasteiger partial charge in [0.2, 0.25) is 5.91 Å². The van der Waals surface area contributed by atoms with E-state index in [0.717, 1.165) is 0 Å². The largest absolute Gasteiger partial charge is 1.00 e. The summed E-state index contributed by atoms with van der Waals surface area (Å²) in [4.78, 5) is 22.7. The number of carboxylic acids is 1. The number of carbonyl (C=O) groups is 2. The van der Waals surface area contributed by atoms with Crippen molar-refractivity contribution in [3.8, 4) is 11.5 Å². The second-order valence-corrected chi connectivity index (χ2v) is 5.62. The summed E-state index contributed by atoms with van der Waals surface area (Å²) in [5, 5.41) is 25.0. The van der Waals surface area contributed by atoms with E-state index in [1.807, 2.05) is 0 Å². The van der Waals surface area contributed by atoms with Crippen molar-refractivity contribution >= 4 is 18.0 Å². The van der Waals surface area contributed by atoms with Gasteiger partial charge in [0.25, 0.3) is 0 Å². The van der Waals surface area contributed by atoms with E-state index in [-0.39, 0.29) is 82.6 Å². The molecule has 1 amide bonds. The molecule has 1 aliphatic rings. The molecule has 25 heavy (non-hydrogen) atoms. The third-order valence-electron chi connectivity index (χ3n) is 4.02. The molecule has 0 atom stereocenters. The molecule has 6 nitrogen and oxygen atoms in total. The van der Waals surface area contributed by atoms with Crippen molar-refractivity contribution in [1.82, 2.24) is 5.32 Å². The van der Waals surface area contributed by atoms with Gasteiger partial charge in [0.05, 0.1) is 7.11 Å². The van der Waals surface area contributed by atoms with Crippen LogP contribution in [0.25, 0.3) is 6.08 Å². The molecule has 0 spiro atoms. The molecule has 0 bridgehead atoms. The number of methoxy groups -OCH3 is 1. The molecule has 0 radical (unpaired) electrons. The van der Waals surface area contributed by atoms with Crippen LogP contribution < -0.4 is 79.4 Å². The molecule has 1 saturated carbocycles. The zero-order valence-electron chi connectivity index (χ0n) is 14.9. The molecule has 8 heteroatoms. The van der Waals surface area contributed by atoms with E-state index in [0.29, 0.717) is 31.2 Å². The molecule has 2 rings (SSSR count). The summed E-state index contributed by atoms with van der Waals surface area (Å²) in [6.07, 6.45) is 5.32. The third kappa shape index (κ3) is 7.72. The molecule has 1 aromatic rings. The van der Waals surface area contributed by atoms with Gasteiger partial charge in [0, 0.05) is 18.1 Å². The minimum atomic E-state index is -1.01. The summed E-state index contributed by atoms with van der Waals surface area (Å²) in [5.41, 5.74) is 0.692. The first-order valence-electron chi connectivity index (χ1n) is 7.54. The Morgan fingerprint density at radius 2 is 1.84 bits per heavy atom. The Balaban J connectivity index is 0.00000288. The first kappa shape index (κ1) is 24.5. The van der Waals surface area contributed by atoms with Crippen LogP contribution in [-0.4, -0.2) is 25.0 Å². The summed E-state index contributed by atoms with van der Waals surface area (Å²) in [6, 6.07) is 4.55. The van der Waals surface area contributed by atoms with Crippen LogP contribution in [0.4, 0.5) is 0 Å². The van der Waals surface area contributed by atoms with Crippen LogP contribution in [0.1, 0.15) is 31.2 Å². The molecule has 0 heterocycles. The first-order chi connectivity index (χ1) is 11.0. The predicted octanol–water partition coefficient (Wildman–Crippen LogP) is -5.79. The minimum Gasteiger partial charge on any atom is -0.870 e. The van der Waals surface area contributed by atoms with Crippen molar-refractivity contribution in [3.05, 3.63) is 29.8 Å². The Morgan fingerprint density at radius 1 is 1.20 bits per heavy atom. The van der Waals surface area contributed by atoms with Crippen molar-refractivity contribution in [2.75, 3.05) is 7.11 Å². The number of ether oxygens (including phenoxy) is 1. The van der Waals surface area contributed by atoms with E-state index in [4.69, 9.17) is 4.74 Å². The van der Waals surface area contributed by atoms with Gasteiger partial charge in [0.1, 0.15) is 5.75 Å². The fourth-order valence-corrected chi connectivity index (χ4v) is 2.68. The van der Waals surface area contributed by atoms with E-state index in [9.17, 15) is 19.8 Å². The van der Waals surface area contributed by atoms with E-state index in [1.54, 1.807) is 18.2 Å². The van der Waals surface area contributed by atoms with Gasteiger partial charge in [-0.1, -0.05) is 17.9 Å². The molecule has 0 saturated heterocycles. The van der Waals surface area contributed by atoms with Crippen LogP contribution in [0.3, 0.4) is 0 Å². The number of aliphatic carboxylic acids is 1. The SMILES string of the molecule is COc1cc(/C=C/C(=O)NC2CCC(C(=O)[O-])CC2)ccc1[O-].[Na+].[Na+]. The molecule has 1 aromatic carbocycles. The average molecular weight is 363 g/mol. The predicted molar refractivity (Wildman–Crippen MR) is 80.4 cm³/mol. The van der Waals surface area contributed by atoms with Crippen molar-refractivity contribution in [2.45, 2.75) is 31.7 Å². The second-order valence-electron chi connectivity index (χ2n) is 5.62. The van der Waals surface area contributed by atoms with Crippen LogP contribution in [0.2, 0.25) is 0 Å². The zero-order chi connectivity index (χ0) is 16.8. The maximum Gasteiger partial charge on any atom is 1.00 e. The van der Waals surface area contributed by atoms with Gasteiger partial charge in [-0.15, -0.1) is 0 Å². The van der Waals surface area contributed by atoms with Gasteiger partial charge in [-0.25, -0.2) is 0 Å². The van der Waals surface area contributed by atoms with E-state index < -0.39 is 11.9 Å². The number of benzene rings is 1. The van der Waals surface area contributed by atoms with E-state index in [1.165, 1.54) is 19.3 Å². The Labute approximate surface area is 191 Å². The molecule has 0 unspecified atom stereocenters. The Bertz CT molecular complexity index is 613. The summed E-state index contributed by atoms with van der Waals surface area (Å²) in [7, 11) is 1.42. The van der Waals surface area contributed by atoms with Crippen LogP contribution in [0, 0.1) is 5.92 Å². The van der Waals surface area contributed by atoms with Gasteiger partial charge in [-0.05, 0) is 49.3 Å². The molecule has 1 N–H and O–H groups in total. The standard InChI is InChI=1S/C17H21NO5.2Na/c1-23-15-10-11(2-8-14(15)19)3-9-16(20)18-13-6-4-12(5-7-13)17(21)22;;/h2-3,8-10,12-13,19H,4-7H2,1H3,(H,18,20)(H,21,22);;/q;2*+1/p-2/b9-3+;;. The number of hydrogen-bond acceptors (Lipinski definition) is 5. The number of amides is 1. The molecule has 0 aliphatic heterocycles. The van der Waals surface area contributed by atoms with E-state index in [2.05, 4.69) is 5.32 Å². The van der Waals surface area contributed by atoms with Crippen molar-refractivity contribution < 1.29 is 83.7 Å². The molecular formula is C17H19NNa2O5. The van der Waals surface area contributed by atoms with E-state index >= 15 is 0 Å². The number of hydrogen-bond donors (Lipinski definition) is 1. The number of nitrogens with one attached hydrogen (secondary N) is 1. The quantitative estimate of drug-likeness (QED) is 0.415. The molecule has 1 aliphatic carbocycles. The van der Waals surface area contributed by atoms with Gasteiger partial charge in [-0.2, -0.15) is 0 Å². The van der Waals surface area contributed by atoms with Crippen LogP contribution in [-0.2, 0) is 9.59 Å². The smallest absolute Gasteiger partial charge is 0.870 e. The summed E-state index contributed by atoms with van der Waals surface area (Å²) >= 11 is 0. The second kappa shape index (κ2) is 12.0. The Kier molecular flexibility index (Phi) is 11.8. The fraction of sp³-hybridized carbons (Fsp3) is 0.412. The molecule has 124 valence electrons.